The summed E-state index contributed by atoms with van der Waals surface area (Å²) in [5, 5.41) is 14.6. The lowest BCUT2D eigenvalue weighted by Crippen LogP contribution is -2.46. The predicted molar refractivity (Wildman–Crippen MR) is 102 cm³/mol. The molecular weight excluding hydrogens is 332 g/mol. The van der Waals surface area contributed by atoms with Gasteiger partial charge in [-0.15, -0.1) is 0 Å². The van der Waals surface area contributed by atoms with Gasteiger partial charge in [-0.2, -0.15) is 4.98 Å². The van der Waals surface area contributed by atoms with Crippen molar-refractivity contribution in [2.45, 2.75) is 20.8 Å². The van der Waals surface area contributed by atoms with E-state index in [1.165, 1.54) is 0 Å². The zero-order valence-corrected chi connectivity index (χ0v) is 15.4. The average Bonchev–Trinajstić information content (AvgIpc) is 2.63. The quantitative estimate of drug-likeness (QED) is 0.651. The van der Waals surface area contributed by atoms with Crippen LogP contribution >= 0.6 is 0 Å². The molecule has 1 aromatic carbocycles. The highest BCUT2D eigenvalue weighted by molar-refractivity contribution is 5.68. The predicted octanol–water partition coefficient (Wildman–Crippen LogP) is 2.89. The number of nitrogens with one attached hydrogen (secondary N) is 1. The van der Waals surface area contributed by atoms with E-state index in [0.717, 1.165) is 44.0 Å². The van der Waals surface area contributed by atoms with Crippen LogP contribution in [0.15, 0.2) is 24.3 Å². The molecule has 0 amide bonds. The fourth-order valence-electron chi connectivity index (χ4n) is 3.04. The summed E-state index contributed by atoms with van der Waals surface area (Å²) in [7, 11) is 0. The number of nitrogens with zero attached hydrogens (tertiary/aromatic N) is 5. The minimum absolute atomic E-state index is 0.0819. The normalized spacial score (nSPS) is 15.1. The Bertz CT molecular complexity index is 785. The fourth-order valence-corrected chi connectivity index (χ4v) is 3.04. The lowest BCUT2D eigenvalue weighted by Gasteiger charge is -2.34. The molecule has 0 radical (unpaired) electrons. The summed E-state index contributed by atoms with van der Waals surface area (Å²) < 4.78 is 0. The highest BCUT2D eigenvalue weighted by Gasteiger charge is 2.25. The SMILES string of the molecule is CCN1CCN(c2nc(C)c([N+](=O)[O-])c(Nc3ccc(C)cc3)n2)CC1. The standard InChI is InChI=1S/C18H24N6O2/c1-4-22-9-11-23(12-10-22)18-19-14(3)16(24(25)26)17(21-18)20-15-7-5-13(2)6-8-15/h5-8H,4,9-12H2,1-3H3,(H,19,20,21). The molecule has 1 N–H and O–H groups in total. The van der Waals surface area contributed by atoms with Gasteiger partial charge in [-0.25, -0.2) is 4.98 Å². The van der Waals surface area contributed by atoms with Gasteiger partial charge in [-0.3, -0.25) is 10.1 Å². The van der Waals surface area contributed by atoms with Crippen LogP contribution in [0.2, 0.25) is 0 Å². The van der Waals surface area contributed by atoms with Crippen LogP contribution in [-0.4, -0.2) is 52.5 Å². The van der Waals surface area contributed by atoms with Gasteiger partial charge >= 0.3 is 5.69 Å². The zero-order chi connectivity index (χ0) is 18.7. The van der Waals surface area contributed by atoms with Crippen molar-refractivity contribution in [3.05, 3.63) is 45.6 Å². The third-order valence-corrected chi connectivity index (χ3v) is 4.65. The van der Waals surface area contributed by atoms with Gasteiger partial charge < -0.3 is 15.1 Å². The number of piperazine rings is 1. The topological polar surface area (TPSA) is 87.4 Å². The van der Waals surface area contributed by atoms with Crippen LogP contribution in [0.3, 0.4) is 0 Å². The van der Waals surface area contributed by atoms with E-state index in [1.54, 1.807) is 6.92 Å². The third kappa shape index (κ3) is 3.91. The second-order valence-corrected chi connectivity index (χ2v) is 6.48. The number of anilines is 3. The maximum atomic E-state index is 11.5. The van der Waals surface area contributed by atoms with Crippen molar-refractivity contribution in [3.63, 3.8) is 0 Å². The molecule has 1 saturated heterocycles. The molecule has 1 aliphatic rings. The number of benzene rings is 1. The van der Waals surface area contributed by atoms with Crippen molar-refractivity contribution in [3.8, 4) is 0 Å². The second-order valence-electron chi connectivity index (χ2n) is 6.48. The van der Waals surface area contributed by atoms with E-state index in [2.05, 4.69) is 32.0 Å². The van der Waals surface area contributed by atoms with Crippen LogP contribution in [0.5, 0.6) is 0 Å². The molecule has 8 nitrogen and oxygen atoms in total. The molecule has 138 valence electrons. The van der Waals surface area contributed by atoms with Crippen LogP contribution in [-0.2, 0) is 0 Å². The van der Waals surface area contributed by atoms with Gasteiger partial charge in [-0.05, 0) is 32.5 Å². The highest BCUT2D eigenvalue weighted by Crippen LogP contribution is 2.30. The molecule has 0 saturated carbocycles. The minimum atomic E-state index is -0.426. The monoisotopic (exact) mass is 356 g/mol. The molecule has 1 aromatic heterocycles. The highest BCUT2D eigenvalue weighted by atomic mass is 16.6. The first-order valence-electron chi connectivity index (χ1n) is 8.82. The molecule has 1 fully saturated rings. The van der Waals surface area contributed by atoms with Gasteiger partial charge in [0.1, 0.15) is 5.69 Å². The Morgan fingerprint density at radius 1 is 1.12 bits per heavy atom. The van der Waals surface area contributed by atoms with Gasteiger partial charge in [0.2, 0.25) is 11.8 Å². The van der Waals surface area contributed by atoms with Crippen molar-refractivity contribution < 1.29 is 4.92 Å². The average molecular weight is 356 g/mol. The largest absolute Gasteiger partial charge is 0.338 e. The Kier molecular flexibility index (Phi) is 5.32. The first-order valence-corrected chi connectivity index (χ1v) is 8.82. The summed E-state index contributed by atoms with van der Waals surface area (Å²) in [6, 6.07) is 7.67. The van der Waals surface area contributed by atoms with Crippen molar-refractivity contribution in [2.75, 3.05) is 42.9 Å². The van der Waals surface area contributed by atoms with E-state index < -0.39 is 4.92 Å². The number of rotatable bonds is 5. The minimum Gasteiger partial charge on any atom is -0.338 e. The molecule has 3 rings (SSSR count). The van der Waals surface area contributed by atoms with Crippen molar-refractivity contribution >= 4 is 23.1 Å². The first-order chi connectivity index (χ1) is 12.5. The first kappa shape index (κ1) is 18.1. The Balaban J connectivity index is 1.92. The molecule has 0 unspecified atom stereocenters. The second kappa shape index (κ2) is 7.65. The Morgan fingerprint density at radius 2 is 1.77 bits per heavy atom. The van der Waals surface area contributed by atoms with Crippen LogP contribution in [0.4, 0.5) is 23.1 Å². The lowest BCUT2D eigenvalue weighted by atomic mass is 10.2. The number of aromatic nitrogens is 2. The Labute approximate surface area is 153 Å². The van der Waals surface area contributed by atoms with Gasteiger partial charge in [0.25, 0.3) is 0 Å². The molecule has 26 heavy (non-hydrogen) atoms. The smallest absolute Gasteiger partial charge is 0.332 e. The van der Waals surface area contributed by atoms with Crippen LogP contribution in [0.25, 0.3) is 0 Å². The Morgan fingerprint density at radius 3 is 2.35 bits per heavy atom. The summed E-state index contributed by atoms with van der Waals surface area (Å²) in [5.41, 5.74) is 2.17. The molecule has 0 aliphatic carbocycles. The van der Waals surface area contributed by atoms with Gasteiger partial charge in [0, 0.05) is 31.9 Å². The van der Waals surface area contributed by atoms with Crippen molar-refractivity contribution in [2.24, 2.45) is 0 Å². The van der Waals surface area contributed by atoms with Crippen LogP contribution < -0.4 is 10.2 Å². The van der Waals surface area contributed by atoms with Gasteiger partial charge in [0.15, 0.2) is 0 Å². The van der Waals surface area contributed by atoms with E-state index in [1.807, 2.05) is 31.2 Å². The van der Waals surface area contributed by atoms with Gasteiger partial charge in [-0.1, -0.05) is 24.6 Å². The molecular formula is C18H24N6O2. The summed E-state index contributed by atoms with van der Waals surface area (Å²) in [4.78, 5) is 24.4. The summed E-state index contributed by atoms with van der Waals surface area (Å²) in [6.07, 6.45) is 0. The number of aryl methyl sites for hydroxylation is 2. The molecule has 0 spiro atoms. The maximum Gasteiger partial charge on any atom is 0.332 e. The fraction of sp³-hybridized carbons (Fsp3) is 0.444. The van der Waals surface area contributed by atoms with E-state index in [-0.39, 0.29) is 11.5 Å². The van der Waals surface area contributed by atoms with Crippen LogP contribution in [0, 0.1) is 24.0 Å². The summed E-state index contributed by atoms with van der Waals surface area (Å²) in [5.74, 6) is 0.776. The van der Waals surface area contributed by atoms with E-state index >= 15 is 0 Å². The zero-order valence-electron chi connectivity index (χ0n) is 15.4. The molecule has 0 bridgehead atoms. The maximum absolute atomic E-state index is 11.5. The number of hydrogen-bond donors (Lipinski definition) is 1. The van der Waals surface area contributed by atoms with Gasteiger partial charge in [0.05, 0.1) is 4.92 Å². The molecule has 2 aromatic rings. The molecule has 2 heterocycles. The Hall–Kier alpha value is -2.74. The molecule has 0 atom stereocenters. The van der Waals surface area contributed by atoms with Crippen LogP contribution in [0.1, 0.15) is 18.2 Å². The number of likely N-dealkylation sites (N-methyl/N-ethyl adjacent to an activating group) is 1. The molecule has 8 heteroatoms. The van der Waals surface area contributed by atoms with E-state index in [9.17, 15) is 10.1 Å². The third-order valence-electron chi connectivity index (χ3n) is 4.65. The number of hydrogen-bond acceptors (Lipinski definition) is 7. The van der Waals surface area contributed by atoms with Crippen molar-refractivity contribution in [1.82, 2.24) is 14.9 Å². The summed E-state index contributed by atoms with van der Waals surface area (Å²) >= 11 is 0. The van der Waals surface area contributed by atoms with E-state index in [0.29, 0.717) is 11.6 Å². The number of nitro groups is 1. The summed E-state index contributed by atoms with van der Waals surface area (Å²) in [6.45, 7) is 10.3. The molecule has 1 aliphatic heterocycles. The lowest BCUT2D eigenvalue weighted by molar-refractivity contribution is -0.385. The van der Waals surface area contributed by atoms with E-state index in [4.69, 9.17) is 0 Å². The van der Waals surface area contributed by atoms with Crippen molar-refractivity contribution in [1.29, 1.82) is 0 Å².